The standard InChI is InChI=1S/C10H15N3O/c1-2-11-10(14)8-3-5-13-6-4-12-9(13)7-8/h4,6,8H,2-3,5,7H2,1H3,(H,11,14). The lowest BCUT2D eigenvalue weighted by atomic mass is 9.97. The van der Waals surface area contributed by atoms with E-state index in [1.165, 1.54) is 0 Å². The van der Waals surface area contributed by atoms with Gasteiger partial charge in [0, 0.05) is 37.8 Å². The molecule has 0 fully saturated rings. The van der Waals surface area contributed by atoms with Crippen LogP contribution in [0.1, 0.15) is 19.2 Å². The van der Waals surface area contributed by atoms with Gasteiger partial charge in [0.05, 0.1) is 0 Å². The highest BCUT2D eigenvalue weighted by Gasteiger charge is 2.24. The van der Waals surface area contributed by atoms with Crippen LogP contribution in [0.15, 0.2) is 12.4 Å². The molecule has 2 rings (SSSR count). The molecule has 1 atom stereocenters. The third-order valence-corrected chi connectivity index (χ3v) is 2.67. The second-order valence-electron chi connectivity index (χ2n) is 3.62. The third kappa shape index (κ3) is 1.64. The summed E-state index contributed by atoms with van der Waals surface area (Å²) in [4.78, 5) is 15.8. The van der Waals surface area contributed by atoms with Crippen LogP contribution in [0.25, 0.3) is 0 Å². The Balaban J connectivity index is 2.04. The van der Waals surface area contributed by atoms with E-state index < -0.39 is 0 Å². The molecular weight excluding hydrogens is 178 g/mol. The quantitative estimate of drug-likeness (QED) is 0.747. The zero-order chi connectivity index (χ0) is 9.97. The van der Waals surface area contributed by atoms with Crippen LogP contribution in [-0.2, 0) is 17.8 Å². The Hall–Kier alpha value is -1.32. The Bertz CT molecular complexity index is 332. The summed E-state index contributed by atoms with van der Waals surface area (Å²) >= 11 is 0. The highest BCUT2D eigenvalue weighted by Crippen LogP contribution is 2.18. The van der Waals surface area contributed by atoms with E-state index in [-0.39, 0.29) is 11.8 Å². The van der Waals surface area contributed by atoms with Crippen LogP contribution >= 0.6 is 0 Å². The van der Waals surface area contributed by atoms with Crippen LogP contribution in [0, 0.1) is 5.92 Å². The van der Waals surface area contributed by atoms with Gasteiger partial charge in [0.15, 0.2) is 0 Å². The topological polar surface area (TPSA) is 46.9 Å². The molecule has 0 saturated heterocycles. The van der Waals surface area contributed by atoms with Gasteiger partial charge in [-0.3, -0.25) is 4.79 Å². The van der Waals surface area contributed by atoms with E-state index in [1.807, 2.05) is 13.1 Å². The third-order valence-electron chi connectivity index (χ3n) is 2.67. The van der Waals surface area contributed by atoms with Crippen molar-refractivity contribution in [3.63, 3.8) is 0 Å². The molecule has 2 heterocycles. The molecular formula is C10H15N3O. The average Bonchev–Trinajstić information content (AvgIpc) is 2.64. The number of nitrogens with one attached hydrogen (secondary N) is 1. The van der Waals surface area contributed by atoms with Crippen LogP contribution in [-0.4, -0.2) is 22.0 Å². The fourth-order valence-electron chi connectivity index (χ4n) is 1.89. The van der Waals surface area contributed by atoms with Gasteiger partial charge in [-0.2, -0.15) is 0 Å². The first-order valence-electron chi connectivity index (χ1n) is 5.09. The van der Waals surface area contributed by atoms with Crippen molar-refractivity contribution in [1.82, 2.24) is 14.9 Å². The predicted octanol–water partition coefficient (Wildman–Crippen LogP) is 0.582. The fourth-order valence-corrected chi connectivity index (χ4v) is 1.89. The number of carbonyl (C=O) groups excluding carboxylic acids is 1. The van der Waals surface area contributed by atoms with Gasteiger partial charge in [-0.15, -0.1) is 0 Å². The van der Waals surface area contributed by atoms with Crippen molar-refractivity contribution < 1.29 is 4.79 Å². The number of aromatic nitrogens is 2. The number of fused-ring (bicyclic) bond motifs is 1. The van der Waals surface area contributed by atoms with Crippen molar-refractivity contribution in [3.8, 4) is 0 Å². The maximum Gasteiger partial charge on any atom is 0.223 e. The second kappa shape index (κ2) is 3.82. The molecule has 4 heteroatoms. The Kier molecular flexibility index (Phi) is 2.52. The van der Waals surface area contributed by atoms with E-state index >= 15 is 0 Å². The highest BCUT2D eigenvalue weighted by molar-refractivity contribution is 5.78. The maximum atomic E-state index is 11.6. The Labute approximate surface area is 83.3 Å². The van der Waals surface area contributed by atoms with Crippen molar-refractivity contribution in [1.29, 1.82) is 0 Å². The number of imidazole rings is 1. The van der Waals surface area contributed by atoms with Gasteiger partial charge < -0.3 is 9.88 Å². The lowest BCUT2D eigenvalue weighted by molar-refractivity contribution is -0.125. The SMILES string of the molecule is CCNC(=O)C1CCn2ccnc2C1. The summed E-state index contributed by atoms with van der Waals surface area (Å²) < 4.78 is 2.12. The molecule has 0 radical (unpaired) electrons. The Morgan fingerprint density at radius 1 is 1.79 bits per heavy atom. The minimum Gasteiger partial charge on any atom is -0.356 e. The monoisotopic (exact) mass is 193 g/mol. The number of amides is 1. The molecule has 0 spiro atoms. The molecule has 1 unspecified atom stereocenters. The van der Waals surface area contributed by atoms with Crippen LogP contribution in [0.3, 0.4) is 0 Å². The van der Waals surface area contributed by atoms with Crippen LogP contribution in [0.5, 0.6) is 0 Å². The molecule has 0 bridgehead atoms. The summed E-state index contributed by atoms with van der Waals surface area (Å²) in [6.07, 6.45) is 5.48. The van der Waals surface area contributed by atoms with E-state index in [0.29, 0.717) is 6.54 Å². The largest absolute Gasteiger partial charge is 0.356 e. The summed E-state index contributed by atoms with van der Waals surface area (Å²) in [7, 11) is 0. The number of hydrogen-bond donors (Lipinski definition) is 1. The van der Waals surface area contributed by atoms with E-state index in [4.69, 9.17) is 0 Å². The van der Waals surface area contributed by atoms with Gasteiger partial charge in [0.25, 0.3) is 0 Å². The number of aryl methyl sites for hydroxylation is 1. The van der Waals surface area contributed by atoms with Gasteiger partial charge in [-0.1, -0.05) is 0 Å². The zero-order valence-electron chi connectivity index (χ0n) is 8.36. The number of nitrogens with zero attached hydrogens (tertiary/aromatic N) is 2. The fraction of sp³-hybridized carbons (Fsp3) is 0.600. The molecule has 1 aliphatic rings. The number of hydrogen-bond acceptors (Lipinski definition) is 2. The molecule has 0 aromatic carbocycles. The molecule has 0 aliphatic carbocycles. The summed E-state index contributed by atoms with van der Waals surface area (Å²) in [5.41, 5.74) is 0. The van der Waals surface area contributed by atoms with Gasteiger partial charge in [-0.25, -0.2) is 4.98 Å². The van der Waals surface area contributed by atoms with E-state index in [0.717, 1.165) is 25.2 Å². The molecule has 1 aliphatic heterocycles. The summed E-state index contributed by atoms with van der Waals surface area (Å²) in [5.74, 6) is 1.32. The molecule has 1 N–H and O–H groups in total. The molecule has 0 saturated carbocycles. The second-order valence-corrected chi connectivity index (χ2v) is 3.62. The van der Waals surface area contributed by atoms with Gasteiger partial charge in [0.1, 0.15) is 5.82 Å². The van der Waals surface area contributed by atoms with Gasteiger partial charge >= 0.3 is 0 Å². The van der Waals surface area contributed by atoms with E-state index in [1.54, 1.807) is 6.20 Å². The summed E-state index contributed by atoms with van der Waals surface area (Å²) in [6.45, 7) is 3.57. The summed E-state index contributed by atoms with van der Waals surface area (Å²) in [5, 5.41) is 2.86. The molecule has 1 aromatic heterocycles. The van der Waals surface area contributed by atoms with Crippen LogP contribution < -0.4 is 5.32 Å². The molecule has 4 nitrogen and oxygen atoms in total. The normalized spacial score (nSPS) is 20.2. The van der Waals surface area contributed by atoms with E-state index in [2.05, 4.69) is 14.9 Å². The van der Waals surface area contributed by atoms with Gasteiger partial charge in [-0.05, 0) is 13.3 Å². The molecule has 1 aromatic rings. The lowest BCUT2D eigenvalue weighted by Crippen LogP contribution is -2.35. The van der Waals surface area contributed by atoms with Crippen molar-refractivity contribution in [2.75, 3.05) is 6.54 Å². The van der Waals surface area contributed by atoms with Crippen molar-refractivity contribution in [2.24, 2.45) is 5.92 Å². The Morgan fingerprint density at radius 3 is 3.43 bits per heavy atom. The van der Waals surface area contributed by atoms with E-state index in [9.17, 15) is 4.79 Å². The first kappa shape index (κ1) is 9.24. The molecule has 14 heavy (non-hydrogen) atoms. The van der Waals surface area contributed by atoms with Crippen molar-refractivity contribution in [2.45, 2.75) is 26.3 Å². The lowest BCUT2D eigenvalue weighted by Gasteiger charge is -2.22. The van der Waals surface area contributed by atoms with Gasteiger partial charge in [0.2, 0.25) is 5.91 Å². The average molecular weight is 193 g/mol. The van der Waals surface area contributed by atoms with Crippen molar-refractivity contribution in [3.05, 3.63) is 18.2 Å². The predicted molar refractivity (Wildman–Crippen MR) is 52.7 cm³/mol. The first-order chi connectivity index (χ1) is 6.81. The minimum absolute atomic E-state index is 0.116. The summed E-state index contributed by atoms with van der Waals surface area (Å²) in [6, 6.07) is 0. The zero-order valence-corrected chi connectivity index (χ0v) is 8.36. The Morgan fingerprint density at radius 2 is 2.64 bits per heavy atom. The number of rotatable bonds is 2. The highest BCUT2D eigenvalue weighted by atomic mass is 16.1. The first-order valence-corrected chi connectivity index (χ1v) is 5.09. The van der Waals surface area contributed by atoms with Crippen LogP contribution in [0.4, 0.5) is 0 Å². The maximum absolute atomic E-state index is 11.6. The number of carbonyl (C=O) groups is 1. The minimum atomic E-state index is 0.116. The van der Waals surface area contributed by atoms with Crippen LogP contribution in [0.2, 0.25) is 0 Å². The smallest absolute Gasteiger partial charge is 0.223 e. The molecule has 76 valence electrons. The van der Waals surface area contributed by atoms with Crippen molar-refractivity contribution >= 4 is 5.91 Å². The molecule has 1 amide bonds.